The summed E-state index contributed by atoms with van der Waals surface area (Å²) in [7, 11) is 0. The van der Waals surface area contributed by atoms with E-state index in [1.807, 2.05) is 6.92 Å². The van der Waals surface area contributed by atoms with Gasteiger partial charge in [0, 0.05) is 11.5 Å². The molecule has 3 unspecified atom stereocenters. The average Bonchev–Trinajstić information content (AvgIpc) is 2.51. The second-order valence-corrected chi connectivity index (χ2v) is 8.86. The van der Waals surface area contributed by atoms with Crippen LogP contribution in [-0.2, 0) is 0 Å². The Morgan fingerprint density at radius 2 is 1.92 bits per heavy atom. The van der Waals surface area contributed by atoms with Crippen LogP contribution in [-0.4, -0.2) is 16.3 Å². The molecule has 0 aliphatic heterocycles. The van der Waals surface area contributed by atoms with E-state index in [1.165, 1.54) is 30.4 Å². The molecule has 0 aromatic heterocycles. The molecule has 2 N–H and O–H groups in total. The smallest absolute Gasteiger partial charge is 0.120 e. The van der Waals surface area contributed by atoms with Crippen LogP contribution in [0.3, 0.4) is 0 Å². The molecule has 0 heterocycles. The van der Waals surface area contributed by atoms with E-state index in [1.54, 1.807) is 0 Å². The molecule has 0 amide bonds. The van der Waals surface area contributed by atoms with Crippen molar-refractivity contribution in [2.75, 3.05) is 0 Å². The summed E-state index contributed by atoms with van der Waals surface area (Å²) in [5.74, 6) is 1.82. The van der Waals surface area contributed by atoms with Gasteiger partial charge in [-0.25, -0.2) is 0 Å². The lowest BCUT2D eigenvalue weighted by Gasteiger charge is -2.60. The Morgan fingerprint density at radius 3 is 2.50 bits per heavy atom. The number of fused-ring (bicyclic) bond motifs is 1. The van der Waals surface area contributed by atoms with Crippen LogP contribution in [0.5, 0.6) is 0 Å². The van der Waals surface area contributed by atoms with Crippen molar-refractivity contribution in [1.82, 2.24) is 0 Å². The largest absolute Gasteiger partial charge is 0.508 e. The summed E-state index contributed by atoms with van der Waals surface area (Å²) in [5, 5.41) is 21.8. The van der Waals surface area contributed by atoms with E-state index in [9.17, 15) is 10.2 Å². The van der Waals surface area contributed by atoms with Crippen LogP contribution in [0.4, 0.5) is 0 Å². The van der Waals surface area contributed by atoms with Crippen molar-refractivity contribution in [2.24, 2.45) is 23.2 Å². The van der Waals surface area contributed by atoms with E-state index >= 15 is 0 Å². The fraction of sp³-hybridized carbons (Fsp3) is 0.727. The lowest BCUT2D eigenvalue weighted by molar-refractivity contribution is -0.0358. The van der Waals surface area contributed by atoms with Crippen LogP contribution in [0.2, 0.25) is 0 Å². The zero-order valence-electron chi connectivity index (χ0n) is 16.0. The van der Waals surface area contributed by atoms with Crippen LogP contribution in [0.15, 0.2) is 34.1 Å². The van der Waals surface area contributed by atoms with Gasteiger partial charge >= 0.3 is 0 Å². The molecule has 0 aromatic carbocycles. The summed E-state index contributed by atoms with van der Waals surface area (Å²) in [6.45, 7) is 11.2. The van der Waals surface area contributed by atoms with Crippen molar-refractivity contribution >= 4 is 0 Å². The summed E-state index contributed by atoms with van der Waals surface area (Å²) < 4.78 is 0. The molecule has 2 heteroatoms. The van der Waals surface area contributed by atoms with Gasteiger partial charge in [0.05, 0.1) is 6.10 Å². The first-order valence-electron chi connectivity index (χ1n) is 9.77. The van der Waals surface area contributed by atoms with Gasteiger partial charge in [-0.15, -0.1) is 0 Å². The van der Waals surface area contributed by atoms with Gasteiger partial charge in [0.25, 0.3) is 0 Å². The Kier molecular flexibility index (Phi) is 4.72. The summed E-state index contributed by atoms with van der Waals surface area (Å²) >= 11 is 0. The van der Waals surface area contributed by atoms with Crippen molar-refractivity contribution in [3.8, 4) is 0 Å². The Hall–Kier alpha value is -1.02. The molecule has 1 fully saturated rings. The van der Waals surface area contributed by atoms with Crippen molar-refractivity contribution in [1.29, 1.82) is 0 Å². The predicted octanol–water partition coefficient (Wildman–Crippen LogP) is 5.70. The second-order valence-electron chi connectivity index (χ2n) is 8.86. The highest BCUT2D eigenvalue weighted by Gasteiger charge is 2.55. The topological polar surface area (TPSA) is 40.5 Å². The average molecular weight is 331 g/mol. The highest BCUT2D eigenvalue weighted by molar-refractivity contribution is 5.44. The standard InChI is InChI=1S/C22H34O2/c1-6-7-8-9-15-11-19(23)20(21(24)14(15)3)16-10-13(2)17-12-18(16)22(17,4)5/h10,16-19,23-24H,6-9,11-12H2,1-5H3/t16-,17?,18?,19?/m1/s1. The first-order chi connectivity index (χ1) is 11.3. The Labute approximate surface area is 147 Å². The molecule has 0 spiro atoms. The first kappa shape index (κ1) is 17.8. The molecule has 24 heavy (non-hydrogen) atoms. The van der Waals surface area contributed by atoms with Crippen LogP contribution >= 0.6 is 0 Å². The van der Waals surface area contributed by atoms with E-state index < -0.39 is 6.10 Å². The maximum Gasteiger partial charge on any atom is 0.120 e. The normalized spacial score (nSPS) is 35.0. The Balaban J connectivity index is 1.91. The van der Waals surface area contributed by atoms with Crippen molar-refractivity contribution in [3.63, 3.8) is 0 Å². The molecule has 2 nitrogen and oxygen atoms in total. The Bertz CT molecular complexity index is 605. The quantitative estimate of drug-likeness (QED) is 0.501. The van der Waals surface area contributed by atoms with Gasteiger partial charge in [-0.2, -0.15) is 0 Å². The number of allylic oxidation sites excluding steroid dienone is 3. The lowest BCUT2D eigenvalue weighted by Crippen LogP contribution is -2.53. The number of hydrogen-bond acceptors (Lipinski definition) is 2. The van der Waals surface area contributed by atoms with Gasteiger partial charge < -0.3 is 10.2 Å². The molecule has 134 valence electrons. The first-order valence-corrected chi connectivity index (χ1v) is 9.77. The maximum atomic E-state index is 10.9. The number of unbranched alkanes of at least 4 members (excludes halogenated alkanes) is 2. The summed E-state index contributed by atoms with van der Waals surface area (Å²) in [5.41, 5.74) is 4.89. The second kappa shape index (κ2) is 6.37. The monoisotopic (exact) mass is 330 g/mol. The van der Waals surface area contributed by atoms with Crippen molar-refractivity contribution < 1.29 is 10.2 Å². The van der Waals surface area contributed by atoms with E-state index in [0.717, 1.165) is 24.0 Å². The molecule has 4 atom stereocenters. The molecule has 2 bridgehead atoms. The minimum Gasteiger partial charge on any atom is -0.508 e. The van der Waals surface area contributed by atoms with E-state index in [4.69, 9.17) is 0 Å². The Morgan fingerprint density at radius 1 is 1.21 bits per heavy atom. The summed E-state index contributed by atoms with van der Waals surface area (Å²) in [6, 6.07) is 0. The van der Waals surface area contributed by atoms with E-state index in [-0.39, 0.29) is 11.3 Å². The van der Waals surface area contributed by atoms with Gasteiger partial charge in [0.15, 0.2) is 0 Å². The highest BCUT2D eigenvalue weighted by Crippen LogP contribution is 2.63. The zero-order chi connectivity index (χ0) is 17.6. The number of rotatable bonds is 5. The minimum absolute atomic E-state index is 0.201. The highest BCUT2D eigenvalue weighted by atomic mass is 16.3. The molecule has 4 aliphatic rings. The van der Waals surface area contributed by atoms with Gasteiger partial charge in [-0.1, -0.05) is 50.8 Å². The fourth-order valence-corrected chi connectivity index (χ4v) is 5.46. The SMILES string of the molecule is CCCCCC1=C(C)C(O)=C([C@@H]2C=C(C)C3CC2C3(C)C)C(O)C1. The molecule has 0 saturated heterocycles. The molecule has 0 radical (unpaired) electrons. The number of aliphatic hydroxyl groups is 2. The summed E-state index contributed by atoms with van der Waals surface area (Å²) in [4.78, 5) is 0. The lowest BCUT2D eigenvalue weighted by atomic mass is 9.45. The summed E-state index contributed by atoms with van der Waals surface area (Å²) in [6.07, 6.45) is 8.28. The molecule has 0 aromatic rings. The number of hydrogen-bond donors (Lipinski definition) is 2. The maximum absolute atomic E-state index is 10.9. The molecule has 4 aliphatic carbocycles. The molecule has 1 saturated carbocycles. The van der Waals surface area contributed by atoms with Gasteiger partial charge in [-0.05, 0) is 62.4 Å². The van der Waals surface area contributed by atoms with Crippen LogP contribution in [0.25, 0.3) is 0 Å². The van der Waals surface area contributed by atoms with Crippen molar-refractivity contribution in [2.45, 2.75) is 79.2 Å². The van der Waals surface area contributed by atoms with Crippen molar-refractivity contribution in [3.05, 3.63) is 34.1 Å². The van der Waals surface area contributed by atoms with Gasteiger partial charge in [0.1, 0.15) is 5.76 Å². The van der Waals surface area contributed by atoms with Crippen LogP contribution < -0.4 is 0 Å². The van der Waals surface area contributed by atoms with Crippen LogP contribution in [0.1, 0.15) is 73.1 Å². The number of aliphatic hydroxyl groups excluding tert-OH is 2. The van der Waals surface area contributed by atoms with Crippen LogP contribution in [0, 0.1) is 23.2 Å². The van der Waals surface area contributed by atoms with E-state index in [2.05, 4.69) is 33.8 Å². The molecular formula is C22H34O2. The molecule has 4 rings (SSSR count). The van der Waals surface area contributed by atoms with Gasteiger partial charge in [-0.3, -0.25) is 0 Å². The third-order valence-corrected chi connectivity index (χ3v) is 7.17. The minimum atomic E-state index is -0.521. The van der Waals surface area contributed by atoms with Gasteiger partial charge in [0.2, 0.25) is 0 Å². The third-order valence-electron chi connectivity index (χ3n) is 7.17. The predicted molar refractivity (Wildman–Crippen MR) is 99.7 cm³/mol. The zero-order valence-corrected chi connectivity index (χ0v) is 16.0. The molecular weight excluding hydrogens is 296 g/mol. The third kappa shape index (κ3) is 2.67. The van der Waals surface area contributed by atoms with E-state index in [0.29, 0.717) is 24.0 Å². The fourth-order valence-electron chi connectivity index (χ4n) is 5.46.